The highest BCUT2D eigenvalue weighted by molar-refractivity contribution is 5.74. The third-order valence-electron chi connectivity index (χ3n) is 4.19. The molecule has 0 radical (unpaired) electrons. The second-order valence-electron chi connectivity index (χ2n) is 7.10. The van der Waals surface area contributed by atoms with Crippen LogP contribution in [0.2, 0.25) is 0 Å². The zero-order valence-electron chi connectivity index (χ0n) is 17.7. The van der Waals surface area contributed by atoms with E-state index in [-0.39, 0.29) is 5.60 Å². The second kappa shape index (κ2) is 10.5. The standard InChI is InChI=1S/C22H23NO3.C2H6O/c1-22(2)12-11-17-9-10-18(20(25-3)21(17)26-22)15-23-19-8-4-6-16(14-19)7-5-13-24;1-3-2/h4-14,23H,15H2,1-3H3;1-2H3/b7-5+;. The van der Waals surface area contributed by atoms with Crippen LogP contribution < -0.4 is 14.8 Å². The van der Waals surface area contributed by atoms with E-state index in [0.717, 1.165) is 40.2 Å². The van der Waals surface area contributed by atoms with Crippen molar-refractivity contribution in [1.82, 2.24) is 0 Å². The maximum atomic E-state index is 10.5. The molecule has 0 fully saturated rings. The summed E-state index contributed by atoms with van der Waals surface area (Å²) >= 11 is 0. The van der Waals surface area contributed by atoms with Crippen LogP contribution in [0.25, 0.3) is 12.2 Å². The summed E-state index contributed by atoms with van der Waals surface area (Å²) in [5, 5.41) is 3.40. The molecular weight excluding hydrogens is 366 g/mol. The number of benzene rings is 2. The smallest absolute Gasteiger partial charge is 0.170 e. The van der Waals surface area contributed by atoms with E-state index in [4.69, 9.17) is 9.47 Å². The number of carbonyl (C=O) groups is 1. The number of aldehydes is 1. The van der Waals surface area contributed by atoms with Gasteiger partial charge in [0, 0.05) is 37.6 Å². The van der Waals surface area contributed by atoms with Gasteiger partial charge in [-0.25, -0.2) is 0 Å². The van der Waals surface area contributed by atoms with E-state index in [2.05, 4.69) is 16.1 Å². The van der Waals surface area contributed by atoms with Crippen LogP contribution >= 0.6 is 0 Å². The van der Waals surface area contributed by atoms with Crippen LogP contribution in [0.15, 0.2) is 48.6 Å². The number of carbonyl (C=O) groups excluding carboxylic acids is 1. The van der Waals surface area contributed by atoms with E-state index in [1.165, 1.54) is 6.08 Å². The van der Waals surface area contributed by atoms with Gasteiger partial charge in [0.2, 0.25) is 0 Å². The minimum atomic E-state index is -0.356. The molecule has 0 unspecified atom stereocenters. The fourth-order valence-corrected chi connectivity index (χ4v) is 2.91. The van der Waals surface area contributed by atoms with Crippen LogP contribution in [0.3, 0.4) is 0 Å². The molecule has 1 aliphatic heterocycles. The molecule has 2 aromatic rings. The molecule has 2 aromatic carbocycles. The number of nitrogens with one attached hydrogen (secondary N) is 1. The topological polar surface area (TPSA) is 56.8 Å². The normalized spacial score (nSPS) is 13.7. The lowest BCUT2D eigenvalue weighted by atomic mass is 10.00. The van der Waals surface area contributed by atoms with Gasteiger partial charge in [-0.3, -0.25) is 4.79 Å². The van der Waals surface area contributed by atoms with Crippen LogP contribution in [0.5, 0.6) is 11.5 Å². The molecule has 0 saturated carbocycles. The molecule has 0 spiro atoms. The van der Waals surface area contributed by atoms with Crippen molar-refractivity contribution in [3.8, 4) is 11.5 Å². The first-order valence-electron chi connectivity index (χ1n) is 9.38. The minimum Gasteiger partial charge on any atom is -0.492 e. The Morgan fingerprint density at radius 3 is 2.59 bits per heavy atom. The number of methoxy groups -OCH3 is 2. The molecule has 0 amide bonds. The van der Waals surface area contributed by atoms with Crippen LogP contribution in [0.1, 0.15) is 30.5 Å². The van der Waals surface area contributed by atoms with Crippen molar-refractivity contribution >= 4 is 24.1 Å². The first-order valence-corrected chi connectivity index (χ1v) is 9.38. The van der Waals surface area contributed by atoms with Gasteiger partial charge in [0.15, 0.2) is 11.5 Å². The Morgan fingerprint density at radius 1 is 1.14 bits per heavy atom. The molecule has 3 rings (SSSR count). The minimum absolute atomic E-state index is 0.356. The summed E-state index contributed by atoms with van der Waals surface area (Å²) in [5.74, 6) is 1.53. The second-order valence-corrected chi connectivity index (χ2v) is 7.10. The molecule has 1 N–H and O–H groups in total. The molecule has 0 aliphatic carbocycles. The maximum absolute atomic E-state index is 10.5. The largest absolute Gasteiger partial charge is 0.492 e. The number of hydrogen-bond acceptors (Lipinski definition) is 5. The van der Waals surface area contributed by atoms with Crippen LogP contribution in [-0.2, 0) is 16.1 Å². The molecule has 5 heteroatoms. The summed E-state index contributed by atoms with van der Waals surface area (Å²) in [5.41, 5.74) is 3.62. The Balaban J connectivity index is 0.000000941. The number of anilines is 1. The Hall–Kier alpha value is -3.05. The van der Waals surface area contributed by atoms with Gasteiger partial charge in [-0.05, 0) is 43.7 Å². The van der Waals surface area contributed by atoms with E-state index in [9.17, 15) is 4.79 Å². The highest BCUT2D eigenvalue weighted by Gasteiger charge is 2.25. The van der Waals surface area contributed by atoms with Gasteiger partial charge >= 0.3 is 0 Å². The summed E-state index contributed by atoms with van der Waals surface area (Å²) in [6, 6.07) is 12.0. The van der Waals surface area contributed by atoms with E-state index < -0.39 is 0 Å². The van der Waals surface area contributed by atoms with Crippen molar-refractivity contribution in [1.29, 1.82) is 0 Å². The number of hydrogen-bond donors (Lipinski definition) is 1. The molecular formula is C24H29NO4. The van der Waals surface area contributed by atoms with E-state index >= 15 is 0 Å². The van der Waals surface area contributed by atoms with Gasteiger partial charge in [0.1, 0.15) is 11.9 Å². The van der Waals surface area contributed by atoms with Crippen molar-refractivity contribution < 1.29 is 19.0 Å². The van der Waals surface area contributed by atoms with Crippen LogP contribution in [-0.4, -0.2) is 33.2 Å². The predicted molar refractivity (Wildman–Crippen MR) is 119 cm³/mol. The third kappa shape index (κ3) is 6.22. The van der Waals surface area contributed by atoms with Crippen molar-refractivity contribution in [3.63, 3.8) is 0 Å². The van der Waals surface area contributed by atoms with Crippen molar-refractivity contribution in [2.45, 2.75) is 26.0 Å². The number of ether oxygens (including phenoxy) is 3. The van der Waals surface area contributed by atoms with E-state index in [0.29, 0.717) is 6.54 Å². The van der Waals surface area contributed by atoms with Gasteiger partial charge < -0.3 is 19.5 Å². The zero-order chi connectivity index (χ0) is 21.3. The third-order valence-corrected chi connectivity index (χ3v) is 4.19. The summed E-state index contributed by atoms with van der Waals surface area (Å²) < 4.78 is 16.0. The van der Waals surface area contributed by atoms with E-state index in [1.54, 1.807) is 27.4 Å². The average molecular weight is 395 g/mol. The van der Waals surface area contributed by atoms with Crippen molar-refractivity contribution in [2.75, 3.05) is 26.6 Å². The van der Waals surface area contributed by atoms with Gasteiger partial charge in [0.25, 0.3) is 0 Å². The molecule has 0 aromatic heterocycles. The van der Waals surface area contributed by atoms with E-state index in [1.807, 2.05) is 56.3 Å². The average Bonchev–Trinajstić information content (AvgIpc) is 2.70. The highest BCUT2D eigenvalue weighted by Crippen LogP contribution is 2.41. The lowest BCUT2D eigenvalue weighted by Crippen LogP contribution is -2.28. The Morgan fingerprint density at radius 2 is 1.90 bits per heavy atom. The van der Waals surface area contributed by atoms with Gasteiger partial charge in [-0.2, -0.15) is 0 Å². The first kappa shape index (κ1) is 22.2. The predicted octanol–water partition coefficient (Wildman–Crippen LogP) is 4.97. The molecule has 0 atom stereocenters. The number of rotatable bonds is 6. The molecule has 1 aliphatic rings. The Labute approximate surface area is 173 Å². The SMILES string of the molecule is COC.COc1c(CNc2cccc(/C=C/C=O)c2)ccc2c1OC(C)(C)C=C2. The molecule has 0 bridgehead atoms. The van der Waals surface area contributed by atoms with Crippen LogP contribution in [0.4, 0.5) is 5.69 Å². The van der Waals surface area contributed by atoms with Crippen LogP contribution in [0, 0.1) is 0 Å². The highest BCUT2D eigenvalue weighted by atomic mass is 16.5. The summed E-state index contributed by atoms with van der Waals surface area (Å²) in [6.07, 6.45) is 8.15. The lowest BCUT2D eigenvalue weighted by Gasteiger charge is -2.29. The fraction of sp³-hybridized carbons (Fsp3) is 0.292. The summed E-state index contributed by atoms with van der Waals surface area (Å²) in [7, 11) is 4.92. The fourth-order valence-electron chi connectivity index (χ4n) is 2.91. The summed E-state index contributed by atoms with van der Waals surface area (Å²) in [6.45, 7) is 4.65. The quantitative estimate of drug-likeness (QED) is 0.553. The maximum Gasteiger partial charge on any atom is 0.170 e. The monoisotopic (exact) mass is 395 g/mol. The molecule has 154 valence electrons. The number of allylic oxidation sites excluding steroid dienone is 1. The van der Waals surface area contributed by atoms with Crippen molar-refractivity contribution in [3.05, 3.63) is 65.2 Å². The van der Waals surface area contributed by atoms with Gasteiger partial charge in [-0.15, -0.1) is 0 Å². The lowest BCUT2D eigenvalue weighted by molar-refractivity contribution is -0.104. The first-order chi connectivity index (χ1) is 13.9. The Kier molecular flexibility index (Phi) is 8.04. The number of fused-ring (bicyclic) bond motifs is 1. The zero-order valence-corrected chi connectivity index (χ0v) is 17.7. The van der Waals surface area contributed by atoms with Gasteiger partial charge in [-0.1, -0.05) is 36.4 Å². The van der Waals surface area contributed by atoms with Crippen molar-refractivity contribution in [2.24, 2.45) is 0 Å². The molecule has 1 heterocycles. The Bertz CT molecular complexity index is 884. The summed E-state index contributed by atoms with van der Waals surface area (Å²) in [4.78, 5) is 10.5. The van der Waals surface area contributed by atoms with Gasteiger partial charge in [0.05, 0.1) is 7.11 Å². The molecule has 0 saturated heterocycles. The molecule has 5 nitrogen and oxygen atoms in total. The molecule has 29 heavy (non-hydrogen) atoms.